The number of carbonyl (C=O) groups is 3. The summed E-state index contributed by atoms with van der Waals surface area (Å²) in [5.41, 5.74) is -1.69. The fourth-order valence-corrected chi connectivity index (χ4v) is 8.75. The van der Waals surface area contributed by atoms with Crippen LogP contribution in [0.25, 0.3) is 0 Å². The predicted octanol–water partition coefficient (Wildman–Crippen LogP) is 3.97. The summed E-state index contributed by atoms with van der Waals surface area (Å²) in [4.78, 5) is 37.8. The highest BCUT2D eigenvalue weighted by Gasteiger charge is 2.72. The lowest BCUT2D eigenvalue weighted by molar-refractivity contribution is -0.233. The largest absolute Gasteiger partial charge is 0.465 e. The molecule has 7 heteroatoms. The number of ether oxygens (including phenoxy) is 2. The first-order valence-electron chi connectivity index (χ1n) is 13.6. The first-order valence-corrected chi connectivity index (χ1v) is 13.6. The first kappa shape index (κ1) is 26.4. The van der Waals surface area contributed by atoms with Crippen LogP contribution in [-0.4, -0.2) is 51.8 Å². The van der Waals surface area contributed by atoms with Gasteiger partial charge in [0.05, 0.1) is 11.0 Å². The van der Waals surface area contributed by atoms with Crippen molar-refractivity contribution >= 4 is 17.7 Å². The quantitative estimate of drug-likeness (QED) is 0.433. The van der Waals surface area contributed by atoms with Crippen molar-refractivity contribution < 1.29 is 34.1 Å². The fraction of sp³-hybridized carbons (Fsp3) is 0.700. The van der Waals surface area contributed by atoms with Gasteiger partial charge in [-0.2, -0.15) is 0 Å². The zero-order chi connectivity index (χ0) is 27.0. The molecule has 0 saturated heterocycles. The molecular formula is C30H40O7. The van der Waals surface area contributed by atoms with Gasteiger partial charge < -0.3 is 19.7 Å². The van der Waals surface area contributed by atoms with E-state index < -0.39 is 46.0 Å². The highest BCUT2D eigenvalue weighted by molar-refractivity contribution is 5.98. The van der Waals surface area contributed by atoms with Gasteiger partial charge in [0, 0.05) is 30.3 Å². The summed E-state index contributed by atoms with van der Waals surface area (Å²) in [7, 11) is 0. The molecule has 0 aromatic carbocycles. The van der Waals surface area contributed by atoms with Crippen molar-refractivity contribution in [2.75, 3.05) is 6.61 Å². The monoisotopic (exact) mass is 512 g/mol. The van der Waals surface area contributed by atoms with E-state index in [1.165, 1.54) is 6.92 Å². The van der Waals surface area contributed by atoms with Crippen LogP contribution in [-0.2, 0) is 23.9 Å². The van der Waals surface area contributed by atoms with Gasteiger partial charge in [0.15, 0.2) is 5.78 Å². The van der Waals surface area contributed by atoms with Gasteiger partial charge >= 0.3 is 11.9 Å². The van der Waals surface area contributed by atoms with Crippen LogP contribution < -0.4 is 0 Å². The van der Waals surface area contributed by atoms with Gasteiger partial charge in [-0.15, -0.1) is 0 Å². The molecule has 0 aromatic rings. The minimum atomic E-state index is -1.45. The average molecular weight is 513 g/mol. The lowest BCUT2D eigenvalue weighted by Gasteiger charge is -2.61. The molecule has 37 heavy (non-hydrogen) atoms. The highest BCUT2D eigenvalue weighted by Crippen LogP contribution is 2.69. The zero-order valence-electron chi connectivity index (χ0n) is 22.6. The van der Waals surface area contributed by atoms with E-state index in [0.29, 0.717) is 44.1 Å². The van der Waals surface area contributed by atoms with E-state index in [1.54, 1.807) is 19.9 Å². The Morgan fingerprint density at radius 3 is 2.62 bits per heavy atom. The smallest absolute Gasteiger partial charge is 0.334 e. The molecule has 1 heterocycles. The third-order valence-corrected chi connectivity index (χ3v) is 11.1. The normalized spacial score (nSPS) is 42.7. The molecule has 1 aliphatic heterocycles. The molecule has 8 atom stereocenters. The lowest BCUT2D eigenvalue weighted by atomic mass is 9.45. The van der Waals surface area contributed by atoms with Crippen LogP contribution in [0.1, 0.15) is 79.6 Å². The maximum Gasteiger partial charge on any atom is 0.334 e. The van der Waals surface area contributed by atoms with Crippen LogP contribution in [0.3, 0.4) is 0 Å². The second kappa shape index (κ2) is 8.63. The zero-order valence-corrected chi connectivity index (χ0v) is 22.6. The number of allylic oxidation sites excluding steroid dienone is 4. The van der Waals surface area contributed by atoms with E-state index in [9.17, 15) is 24.6 Å². The number of rotatable bonds is 4. The molecule has 202 valence electrons. The molecule has 2 N–H and O–H groups in total. The van der Waals surface area contributed by atoms with Crippen molar-refractivity contribution in [1.29, 1.82) is 0 Å². The Balaban J connectivity index is 1.56. The van der Waals surface area contributed by atoms with Crippen LogP contribution in [0.4, 0.5) is 0 Å². The van der Waals surface area contributed by atoms with Gasteiger partial charge in [-0.05, 0) is 84.1 Å². The van der Waals surface area contributed by atoms with Crippen molar-refractivity contribution in [2.45, 2.75) is 96.9 Å². The van der Waals surface area contributed by atoms with Crippen molar-refractivity contribution in [3.05, 3.63) is 34.9 Å². The summed E-state index contributed by atoms with van der Waals surface area (Å²) in [5.74, 6) is -1.49. The summed E-state index contributed by atoms with van der Waals surface area (Å²) >= 11 is 0. The number of aliphatic hydroxyl groups is 2. The Morgan fingerprint density at radius 1 is 1.22 bits per heavy atom. The van der Waals surface area contributed by atoms with Gasteiger partial charge in [0.1, 0.15) is 18.3 Å². The Labute approximate surface area is 219 Å². The average Bonchev–Trinajstić information content (AvgIpc) is 3.15. The Kier molecular flexibility index (Phi) is 6.15. The van der Waals surface area contributed by atoms with Crippen molar-refractivity contribution in [3.63, 3.8) is 0 Å². The summed E-state index contributed by atoms with van der Waals surface area (Å²) in [6, 6.07) is 0. The SMILES string of the molecule is CC(=O)OC[C@]12CC[C@H]3[C@@H](CC=C4CC=CC(=O)[C@@]43C)[C@]1(O)CC[C@@H]2[C@@](C)(O)[C@H]1CC(C)=C(C)C(=O)O1. The molecule has 0 aromatic heterocycles. The highest BCUT2D eigenvalue weighted by atomic mass is 16.6. The van der Waals surface area contributed by atoms with Crippen molar-refractivity contribution in [1.82, 2.24) is 0 Å². The molecule has 0 spiro atoms. The van der Waals surface area contributed by atoms with Gasteiger partial charge in [0.25, 0.3) is 0 Å². The molecule has 2 saturated carbocycles. The van der Waals surface area contributed by atoms with Crippen molar-refractivity contribution in [3.8, 4) is 0 Å². The Bertz CT molecular complexity index is 1130. The molecule has 0 unspecified atom stereocenters. The predicted molar refractivity (Wildman–Crippen MR) is 136 cm³/mol. The second-order valence-electron chi connectivity index (χ2n) is 12.6. The molecule has 4 aliphatic carbocycles. The minimum absolute atomic E-state index is 0.0154. The maximum absolute atomic E-state index is 13.2. The third-order valence-electron chi connectivity index (χ3n) is 11.1. The fourth-order valence-electron chi connectivity index (χ4n) is 8.75. The van der Waals surface area contributed by atoms with Crippen LogP contribution in [0.5, 0.6) is 0 Å². The summed E-state index contributed by atoms with van der Waals surface area (Å²) in [5, 5.41) is 24.8. The lowest BCUT2D eigenvalue weighted by Crippen LogP contribution is -2.66. The Morgan fingerprint density at radius 2 is 1.95 bits per heavy atom. The molecule has 0 bridgehead atoms. The van der Waals surface area contributed by atoms with E-state index in [-0.39, 0.29) is 24.2 Å². The molecule has 2 fully saturated rings. The van der Waals surface area contributed by atoms with Gasteiger partial charge in [-0.25, -0.2) is 4.79 Å². The number of hydrogen-bond acceptors (Lipinski definition) is 7. The van der Waals surface area contributed by atoms with E-state index in [4.69, 9.17) is 9.47 Å². The molecule has 0 amide bonds. The van der Waals surface area contributed by atoms with Gasteiger partial charge in [-0.3, -0.25) is 9.59 Å². The topological polar surface area (TPSA) is 110 Å². The molecule has 5 aliphatic rings. The molecular weight excluding hydrogens is 472 g/mol. The van der Waals surface area contributed by atoms with Crippen LogP contribution in [0.15, 0.2) is 34.9 Å². The van der Waals surface area contributed by atoms with Gasteiger partial charge in [0.2, 0.25) is 0 Å². The first-order chi connectivity index (χ1) is 17.3. The van der Waals surface area contributed by atoms with Crippen LogP contribution in [0, 0.1) is 28.6 Å². The third kappa shape index (κ3) is 3.56. The van der Waals surface area contributed by atoms with E-state index in [1.807, 2.05) is 19.9 Å². The number of cyclic esters (lactones) is 1. The summed E-state index contributed by atoms with van der Waals surface area (Å²) < 4.78 is 11.4. The van der Waals surface area contributed by atoms with Crippen molar-refractivity contribution in [2.24, 2.45) is 28.6 Å². The number of hydrogen-bond donors (Lipinski definition) is 2. The standard InChI is InChI=1S/C30H40O7/c1-17-15-25(37-26(33)18(17)2)28(5,34)23-12-14-30(35)22-10-9-20-7-6-8-24(32)27(20,4)21(22)11-13-29(23,30)16-36-19(3)31/h6,8-9,21-23,25,34-35H,7,10-16H2,1-5H3/t21-,22+,23+,25+,27-,28+,29-,30+/m0/s1. The van der Waals surface area contributed by atoms with E-state index in [0.717, 1.165) is 17.6 Å². The summed E-state index contributed by atoms with van der Waals surface area (Å²) in [6.07, 6.45) is 8.90. The molecule has 5 rings (SSSR count). The van der Waals surface area contributed by atoms with Gasteiger partial charge in [-0.1, -0.05) is 23.3 Å². The number of ketones is 1. The maximum atomic E-state index is 13.2. The molecule has 0 radical (unpaired) electrons. The molecule has 7 nitrogen and oxygen atoms in total. The number of carbonyl (C=O) groups excluding carboxylic acids is 3. The number of esters is 2. The minimum Gasteiger partial charge on any atom is -0.465 e. The second-order valence-corrected chi connectivity index (χ2v) is 12.6. The van der Waals surface area contributed by atoms with Crippen LogP contribution in [0.2, 0.25) is 0 Å². The van der Waals surface area contributed by atoms with Crippen LogP contribution >= 0.6 is 0 Å². The Hall–Kier alpha value is -2.25. The van der Waals surface area contributed by atoms with E-state index >= 15 is 0 Å². The number of fused-ring (bicyclic) bond motifs is 5. The summed E-state index contributed by atoms with van der Waals surface area (Å²) in [6.45, 7) is 8.67. The van der Waals surface area contributed by atoms with E-state index in [2.05, 4.69) is 6.08 Å².